The summed E-state index contributed by atoms with van der Waals surface area (Å²) in [6, 6.07) is -0.540. The molecule has 87 heavy (non-hydrogen) atoms. The number of rotatable bonds is 76. The van der Waals surface area contributed by atoms with Crippen LogP contribution in [0.25, 0.3) is 0 Å². The van der Waals surface area contributed by atoms with Crippen LogP contribution in [0.15, 0.2) is 24.3 Å². The van der Waals surface area contributed by atoms with Gasteiger partial charge in [0.15, 0.2) is 0 Å². The zero-order chi connectivity index (χ0) is 62.8. The molecule has 0 aromatic rings. The minimum Gasteiger partial charge on any atom is -0.466 e. The van der Waals surface area contributed by atoms with Crippen molar-refractivity contribution in [2.24, 2.45) is 0 Å². The number of ether oxygens (including phenoxy) is 1. The van der Waals surface area contributed by atoms with Crippen LogP contribution >= 0.6 is 0 Å². The van der Waals surface area contributed by atoms with Crippen LogP contribution in [-0.2, 0) is 14.3 Å². The largest absolute Gasteiger partial charge is 0.466 e. The van der Waals surface area contributed by atoms with Crippen molar-refractivity contribution in [1.82, 2.24) is 5.32 Å². The summed E-state index contributed by atoms with van der Waals surface area (Å²) in [5.74, 6) is -0.00608. The summed E-state index contributed by atoms with van der Waals surface area (Å²) in [7, 11) is 0. The summed E-state index contributed by atoms with van der Waals surface area (Å²) in [6.07, 6.45) is 98.5. The zero-order valence-electron chi connectivity index (χ0n) is 59.3. The third-order valence-electron chi connectivity index (χ3n) is 19.0. The van der Waals surface area contributed by atoms with E-state index in [2.05, 4.69) is 43.5 Å². The van der Waals surface area contributed by atoms with Gasteiger partial charge in [-0.3, -0.25) is 9.59 Å². The lowest BCUT2D eigenvalue weighted by Gasteiger charge is -2.22. The fourth-order valence-corrected chi connectivity index (χ4v) is 12.9. The standard InChI is InChI=1S/C81H157NO5/c1-3-5-7-9-11-13-15-17-19-21-39-43-47-51-55-59-63-67-71-75-81(86)87-76-72-68-64-60-56-52-48-44-41-38-36-34-32-30-28-26-24-22-23-25-27-29-31-33-35-37-40-42-46-50-54-58-62-66-70-74-80(85)82-78(77-83)79(84)73-69-65-61-57-53-49-45-20-18-16-14-12-10-8-6-4-2/h24,26,30,32,78-79,83-84H,3-23,25,27-29,31,33-77H2,1-2H3,(H,82,85)/b26-24-,32-30-. The molecule has 0 spiro atoms. The highest BCUT2D eigenvalue weighted by Gasteiger charge is 2.20. The number of hydrogen-bond donors (Lipinski definition) is 3. The highest BCUT2D eigenvalue weighted by Crippen LogP contribution is 2.20. The van der Waals surface area contributed by atoms with Crippen molar-refractivity contribution in [3.63, 3.8) is 0 Å². The van der Waals surface area contributed by atoms with Crippen molar-refractivity contribution in [2.45, 2.75) is 469 Å². The zero-order valence-corrected chi connectivity index (χ0v) is 59.3. The summed E-state index contributed by atoms with van der Waals surface area (Å²) in [4.78, 5) is 24.7. The van der Waals surface area contributed by atoms with E-state index in [9.17, 15) is 19.8 Å². The minimum atomic E-state index is -0.663. The molecule has 0 rings (SSSR count). The normalized spacial score (nSPS) is 12.6. The molecule has 1 amide bonds. The SMILES string of the molecule is CCCCCCCCCCCCCCCCCCCCCC(=O)OCCCCCCCCCCCCC/C=C\C/C=C\CCCCCCCCCCCCCCCCCCCC(=O)NC(CO)C(O)CCCCCCCCCCCCCCCCCC. The van der Waals surface area contributed by atoms with Gasteiger partial charge < -0.3 is 20.3 Å². The van der Waals surface area contributed by atoms with E-state index in [1.807, 2.05) is 0 Å². The number of esters is 1. The maximum atomic E-state index is 12.5. The van der Waals surface area contributed by atoms with Crippen LogP contribution in [-0.4, -0.2) is 47.4 Å². The van der Waals surface area contributed by atoms with Gasteiger partial charge in [0.2, 0.25) is 5.91 Å². The fraction of sp³-hybridized carbons (Fsp3) is 0.926. The molecule has 0 heterocycles. The van der Waals surface area contributed by atoms with Crippen molar-refractivity contribution >= 4 is 11.9 Å². The van der Waals surface area contributed by atoms with Gasteiger partial charge in [-0.1, -0.05) is 411 Å². The van der Waals surface area contributed by atoms with Gasteiger partial charge in [0.1, 0.15) is 0 Å². The second-order valence-electron chi connectivity index (χ2n) is 27.8. The van der Waals surface area contributed by atoms with Crippen LogP contribution in [0.3, 0.4) is 0 Å². The maximum absolute atomic E-state index is 12.5. The van der Waals surface area contributed by atoms with Crippen molar-refractivity contribution in [3.8, 4) is 0 Å². The van der Waals surface area contributed by atoms with E-state index < -0.39 is 12.1 Å². The molecular formula is C81H157NO5. The number of aliphatic hydroxyl groups is 2. The van der Waals surface area contributed by atoms with Gasteiger partial charge >= 0.3 is 5.97 Å². The predicted molar refractivity (Wildman–Crippen MR) is 384 cm³/mol. The maximum Gasteiger partial charge on any atom is 0.305 e. The highest BCUT2D eigenvalue weighted by molar-refractivity contribution is 5.76. The molecule has 516 valence electrons. The van der Waals surface area contributed by atoms with Gasteiger partial charge in [-0.2, -0.15) is 0 Å². The number of aliphatic hydroxyl groups excluding tert-OH is 2. The Hall–Kier alpha value is -1.66. The lowest BCUT2D eigenvalue weighted by atomic mass is 10.0. The van der Waals surface area contributed by atoms with E-state index in [1.165, 1.54) is 379 Å². The second-order valence-corrected chi connectivity index (χ2v) is 27.8. The first-order valence-corrected chi connectivity index (χ1v) is 40.1. The van der Waals surface area contributed by atoms with Gasteiger partial charge in [0.05, 0.1) is 25.4 Å². The molecule has 0 aliphatic heterocycles. The second kappa shape index (κ2) is 76.8. The third-order valence-corrected chi connectivity index (χ3v) is 19.0. The van der Waals surface area contributed by atoms with Crippen LogP contribution in [0.1, 0.15) is 457 Å². The summed E-state index contributed by atoms with van der Waals surface area (Å²) in [5.41, 5.74) is 0. The third kappa shape index (κ3) is 73.3. The number of nitrogens with one attached hydrogen (secondary N) is 1. The molecule has 2 unspecified atom stereocenters. The van der Waals surface area contributed by atoms with Gasteiger partial charge in [-0.25, -0.2) is 0 Å². The van der Waals surface area contributed by atoms with Crippen LogP contribution < -0.4 is 5.32 Å². The summed E-state index contributed by atoms with van der Waals surface area (Å²) in [5, 5.41) is 23.4. The Labute approximate surface area is 545 Å². The van der Waals surface area contributed by atoms with E-state index in [0.29, 0.717) is 25.9 Å². The average Bonchev–Trinajstić information content (AvgIpc) is 3.53. The molecule has 0 bridgehead atoms. The first-order chi connectivity index (χ1) is 43.0. The molecule has 3 N–H and O–H groups in total. The van der Waals surface area contributed by atoms with E-state index in [4.69, 9.17) is 4.74 Å². The molecule has 6 nitrogen and oxygen atoms in total. The number of carbonyl (C=O) groups excluding carboxylic acids is 2. The van der Waals surface area contributed by atoms with Crippen LogP contribution in [0.5, 0.6) is 0 Å². The highest BCUT2D eigenvalue weighted by atomic mass is 16.5. The number of unbranched alkanes of at least 4 members (excludes halogenated alkanes) is 61. The van der Waals surface area contributed by atoms with Crippen LogP contribution in [0.4, 0.5) is 0 Å². The molecule has 0 aromatic heterocycles. The number of hydrogen-bond acceptors (Lipinski definition) is 5. The van der Waals surface area contributed by atoms with Gasteiger partial charge in [-0.15, -0.1) is 0 Å². The van der Waals surface area contributed by atoms with E-state index in [-0.39, 0.29) is 18.5 Å². The molecule has 0 saturated heterocycles. The number of carbonyl (C=O) groups is 2. The van der Waals surface area contributed by atoms with Crippen LogP contribution in [0.2, 0.25) is 0 Å². The Kier molecular flexibility index (Phi) is 75.3. The smallest absolute Gasteiger partial charge is 0.305 e. The van der Waals surface area contributed by atoms with Gasteiger partial charge in [0, 0.05) is 12.8 Å². The van der Waals surface area contributed by atoms with Crippen molar-refractivity contribution in [2.75, 3.05) is 13.2 Å². The Morgan fingerprint density at radius 2 is 0.575 bits per heavy atom. The lowest BCUT2D eigenvalue weighted by molar-refractivity contribution is -0.143. The fourth-order valence-electron chi connectivity index (χ4n) is 12.9. The Morgan fingerprint density at radius 3 is 0.874 bits per heavy atom. The Bertz CT molecular complexity index is 1360. The van der Waals surface area contributed by atoms with Crippen molar-refractivity contribution < 1.29 is 24.5 Å². The molecule has 0 radical (unpaired) electrons. The Balaban J connectivity index is 3.34. The molecule has 0 aliphatic carbocycles. The summed E-state index contributed by atoms with van der Waals surface area (Å²) in [6.45, 7) is 5.01. The first kappa shape index (κ1) is 85.3. The summed E-state index contributed by atoms with van der Waals surface area (Å²) < 4.78 is 5.52. The molecule has 0 saturated carbocycles. The molecule has 0 fully saturated rings. The molecular weight excluding hydrogens is 1070 g/mol. The van der Waals surface area contributed by atoms with E-state index in [0.717, 1.165) is 44.9 Å². The minimum absolute atomic E-state index is 0.0226. The summed E-state index contributed by atoms with van der Waals surface area (Å²) >= 11 is 0. The first-order valence-electron chi connectivity index (χ1n) is 40.1. The van der Waals surface area contributed by atoms with E-state index in [1.54, 1.807) is 0 Å². The molecule has 0 aromatic carbocycles. The van der Waals surface area contributed by atoms with Crippen LogP contribution in [0, 0.1) is 0 Å². The molecule has 6 heteroatoms. The van der Waals surface area contributed by atoms with Gasteiger partial charge in [-0.05, 0) is 57.8 Å². The number of amides is 1. The van der Waals surface area contributed by atoms with Crippen molar-refractivity contribution in [3.05, 3.63) is 24.3 Å². The average molecular weight is 1230 g/mol. The van der Waals surface area contributed by atoms with E-state index >= 15 is 0 Å². The molecule has 2 atom stereocenters. The molecule has 0 aliphatic rings. The number of allylic oxidation sites excluding steroid dienone is 4. The predicted octanol–water partition coefficient (Wildman–Crippen LogP) is 26.4. The van der Waals surface area contributed by atoms with Gasteiger partial charge in [0.25, 0.3) is 0 Å². The lowest BCUT2D eigenvalue weighted by Crippen LogP contribution is -2.45. The topological polar surface area (TPSA) is 95.9 Å². The van der Waals surface area contributed by atoms with Crippen molar-refractivity contribution in [1.29, 1.82) is 0 Å². The Morgan fingerprint density at radius 1 is 0.322 bits per heavy atom. The monoisotopic (exact) mass is 1220 g/mol. The quantitative estimate of drug-likeness (QED) is 0.0320.